The molecule has 2 amide bonds. The predicted octanol–water partition coefficient (Wildman–Crippen LogP) is 1.53. The van der Waals surface area contributed by atoms with Crippen LogP contribution in [0.3, 0.4) is 0 Å². The SMILES string of the molecule is CCCNC(=O)NCCc1ccco1. The number of carbonyl (C=O) groups is 1. The van der Waals surface area contributed by atoms with Crippen molar-refractivity contribution in [2.24, 2.45) is 0 Å². The quantitative estimate of drug-likeness (QED) is 0.750. The molecule has 0 radical (unpaired) electrons. The predicted molar refractivity (Wildman–Crippen MR) is 54.1 cm³/mol. The summed E-state index contributed by atoms with van der Waals surface area (Å²) in [7, 11) is 0. The first-order chi connectivity index (χ1) is 6.83. The third-order valence-corrected chi connectivity index (χ3v) is 1.77. The van der Waals surface area contributed by atoms with Crippen LogP contribution in [0.5, 0.6) is 0 Å². The second-order valence-electron chi connectivity index (χ2n) is 3.01. The Hall–Kier alpha value is -1.45. The molecule has 1 rings (SSSR count). The molecule has 78 valence electrons. The lowest BCUT2D eigenvalue weighted by molar-refractivity contribution is 0.241. The highest BCUT2D eigenvalue weighted by Crippen LogP contribution is 1.99. The highest BCUT2D eigenvalue weighted by molar-refractivity contribution is 5.73. The molecule has 0 bridgehead atoms. The van der Waals surface area contributed by atoms with E-state index in [-0.39, 0.29) is 6.03 Å². The first kappa shape index (κ1) is 10.6. The first-order valence-corrected chi connectivity index (χ1v) is 4.87. The highest BCUT2D eigenvalue weighted by atomic mass is 16.3. The van der Waals surface area contributed by atoms with Gasteiger partial charge >= 0.3 is 6.03 Å². The zero-order valence-electron chi connectivity index (χ0n) is 8.38. The summed E-state index contributed by atoms with van der Waals surface area (Å²) < 4.78 is 5.12. The Labute approximate surface area is 83.7 Å². The Morgan fingerprint density at radius 3 is 2.86 bits per heavy atom. The van der Waals surface area contributed by atoms with Crippen molar-refractivity contribution < 1.29 is 9.21 Å². The lowest BCUT2D eigenvalue weighted by atomic mass is 10.3. The Balaban J connectivity index is 2.06. The maximum absolute atomic E-state index is 11.1. The van der Waals surface area contributed by atoms with Crippen LogP contribution in [0.25, 0.3) is 0 Å². The van der Waals surface area contributed by atoms with Crippen LogP contribution < -0.4 is 10.6 Å². The monoisotopic (exact) mass is 196 g/mol. The first-order valence-electron chi connectivity index (χ1n) is 4.87. The van der Waals surface area contributed by atoms with Crippen molar-refractivity contribution in [1.82, 2.24) is 10.6 Å². The summed E-state index contributed by atoms with van der Waals surface area (Å²) in [5.41, 5.74) is 0. The molecule has 1 aromatic rings. The molecule has 4 nitrogen and oxygen atoms in total. The van der Waals surface area contributed by atoms with Crippen molar-refractivity contribution in [3.8, 4) is 0 Å². The van der Waals surface area contributed by atoms with Gasteiger partial charge in [0.2, 0.25) is 0 Å². The molecule has 0 saturated carbocycles. The van der Waals surface area contributed by atoms with E-state index in [9.17, 15) is 4.79 Å². The minimum Gasteiger partial charge on any atom is -0.469 e. The number of hydrogen-bond acceptors (Lipinski definition) is 2. The summed E-state index contributed by atoms with van der Waals surface area (Å²) in [6, 6.07) is 3.62. The number of amides is 2. The lowest BCUT2D eigenvalue weighted by Crippen LogP contribution is -2.36. The molecule has 0 aliphatic heterocycles. The standard InChI is InChI=1S/C10H16N2O2/c1-2-6-11-10(13)12-7-5-9-4-3-8-14-9/h3-4,8H,2,5-7H2,1H3,(H2,11,12,13). The molecule has 0 spiro atoms. The van der Waals surface area contributed by atoms with Crippen molar-refractivity contribution in [2.45, 2.75) is 19.8 Å². The fourth-order valence-corrected chi connectivity index (χ4v) is 1.06. The average Bonchev–Trinajstić information content (AvgIpc) is 2.67. The summed E-state index contributed by atoms with van der Waals surface area (Å²) >= 11 is 0. The van der Waals surface area contributed by atoms with Crippen LogP contribution in [-0.2, 0) is 6.42 Å². The van der Waals surface area contributed by atoms with Crippen molar-refractivity contribution >= 4 is 6.03 Å². The van der Waals surface area contributed by atoms with E-state index in [4.69, 9.17) is 4.42 Å². The van der Waals surface area contributed by atoms with Crippen LogP contribution in [0.1, 0.15) is 19.1 Å². The molecule has 0 aliphatic carbocycles. The largest absolute Gasteiger partial charge is 0.469 e. The molecule has 0 fully saturated rings. The number of furan rings is 1. The Morgan fingerprint density at radius 2 is 2.21 bits per heavy atom. The maximum atomic E-state index is 11.1. The van der Waals surface area contributed by atoms with Crippen molar-refractivity contribution in [2.75, 3.05) is 13.1 Å². The number of rotatable bonds is 5. The van der Waals surface area contributed by atoms with Gasteiger partial charge < -0.3 is 15.1 Å². The van der Waals surface area contributed by atoms with E-state index in [0.29, 0.717) is 13.1 Å². The Morgan fingerprint density at radius 1 is 1.43 bits per heavy atom. The maximum Gasteiger partial charge on any atom is 0.314 e. The topological polar surface area (TPSA) is 54.3 Å². The van der Waals surface area contributed by atoms with Crippen LogP contribution in [0.2, 0.25) is 0 Å². The number of urea groups is 1. The van der Waals surface area contributed by atoms with Crippen LogP contribution in [-0.4, -0.2) is 19.1 Å². The van der Waals surface area contributed by atoms with E-state index in [1.807, 2.05) is 19.1 Å². The molecule has 0 saturated heterocycles. The van der Waals surface area contributed by atoms with Crippen molar-refractivity contribution in [1.29, 1.82) is 0 Å². The second kappa shape index (κ2) is 6.07. The number of hydrogen-bond donors (Lipinski definition) is 2. The Bertz CT molecular complexity index is 257. The summed E-state index contributed by atoms with van der Waals surface area (Å²) in [5, 5.41) is 5.48. The number of carbonyl (C=O) groups excluding carboxylic acids is 1. The molecule has 1 heterocycles. The minimum atomic E-state index is -0.113. The fraction of sp³-hybridized carbons (Fsp3) is 0.500. The molecule has 4 heteroatoms. The zero-order valence-corrected chi connectivity index (χ0v) is 8.38. The normalized spacial score (nSPS) is 9.79. The average molecular weight is 196 g/mol. The van der Waals surface area contributed by atoms with Gasteiger partial charge in [-0.25, -0.2) is 4.79 Å². The van der Waals surface area contributed by atoms with E-state index in [0.717, 1.165) is 18.6 Å². The van der Waals surface area contributed by atoms with Gasteiger partial charge in [0, 0.05) is 19.5 Å². The highest BCUT2D eigenvalue weighted by Gasteiger charge is 1.99. The molecular formula is C10H16N2O2. The third-order valence-electron chi connectivity index (χ3n) is 1.77. The zero-order chi connectivity index (χ0) is 10.2. The van der Waals surface area contributed by atoms with Gasteiger partial charge in [0.1, 0.15) is 5.76 Å². The molecule has 0 unspecified atom stereocenters. The van der Waals surface area contributed by atoms with E-state index < -0.39 is 0 Å². The van der Waals surface area contributed by atoms with Crippen molar-refractivity contribution in [3.05, 3.63) is 24.2 Å². The van der Waals surface area contributed by atoms with Gasteiger partial charge in [-0.1, -0.05) is 6.92 Å². The fourth-order valence-electron chi connectivity index (χ4n) is 1.06. The smallest absolute Gasteiger partial charge is 0.314 e. The number of nitrogens with one attached hydrogen (secondary N) is 2. The molecule has 0 atom stereocenters. The van der Waals surface area contributed by atoms with Crippen LogP contribution in [0.15, 0.2) is 22.8 Å². The van der Waals surface area contributed by atoms with Crippen LogP contribution in [0.4, 0.5) is 4.79 Å². The van der Waals surface area contributed by atoms with Gasteiger partial charge in [-0.15, -0.1) is 0 Å². The summed E-state index contributed by atoms with van der Waals surface area (Å²) in [4.78, 5) is 11.1. The minimum absolute atomic E-state index is 0.113. The summed E-state index contributed by atoms with van der Waals surface area (Å²) in [6.45, 7) is 3.33. The third kappa shape index (κ3) is 3.98. The van der Waals surface area contributed by atoms with Gasteiger partial charge in [0.25, 0.3) is 0 Å². The molecule has 1 aromatic heterocycles. The summed E-state index contributed by atoms with van der Waals surface area (Å²) in [6.07, 6.45) is 3.31. The van der Waals surface area contributed by atoms with Crippen LogP contribution >= 0.6 is 0 Å². The molecule has 14 heavy (non-hydrogen) atoms. The van der Waals surface area contributed by atoms with E-state index >= 15 is 0 Å². The molecule has 0 aliphatic rings. The van der Waals surface area contributed by atoms with Gasteiger partial charge in [-0.3, -0.25) is 0 Å². The van der Waals surface area contributed by atoms with E-state index in [1.54, 1.807) is 6.26 Å². The molecule has 0 aromatic carbocycles. The van der Waals surface area contributed by atoms with Gasteiger partial charge in [-0.05, 0) is 18.6 Å². The summed E-state index contributed by atoms with van der Waals surface area (Å²) in [5.74, 6) is 0.890. The molecule has 2 N–H and O–H groups in total. The van der Waals surface area contributed by atoms with Gasteiger partial charge in [-0.2, -0.15) is 0 Å². The molecular weight excluding hydrogens is 180 g/mol. The van der Waals surface area contributed by atoms with Gasteiger partial charge in [0.15, 0.2) is 0 Å². The van der Waals surface area contributed by atoms with Crippen molar-refractivity contribution in [3.63, 3.8) is 0 Å². The second-order valence-corrected chi connectivity index (χ2v) is 3.01. The van der Waals surface area contributed by atoms with Gasteiger partial charge in [0.05, 0.1) is 6.26 Å². The van der Waals surface area contributed by atoms with E-state index in [1.165, 1.54) is 0 Å². The van der Waals surface area contributed by atoms with E-state index in [2.05, 4.69) is 10.6 Å². The Kier molecular flexibility index (Phi) is 4.61. The lowest BCUT2D eigenvalue weighted by Gasteiger charge is -2.04. The van der Waals surface area contributed by atoms with Crippen LogP contribution in [0, 0.1) is 0 Å².